The minimum absolute atomic E-state index is 0.611. The molecule has 10 heavy (non-hydrogen) atoms. The molecule has 0 unspecified atom stereocenters. The summed E-state index contributed by atoms with van der Waals surface area (Å²) in [5, 5.41) is 2.13. The van der Waals surface area contributed by atoms with E-state index in [-0.39, 0.29) is 0 Å². The SMILES string of the molecule is Cc1csc(CCON)c1. The van der Waals surface area contributed by atoms with Gasteiger partial charge in [0, 0.05) is 11.3 Å². The van der Waals surface area contributed by atoms with Gasteiger partial charge in [0.2, 0.25) is 0 Å². The second kappa shape index (κ2) is 3.71. The van der Waals surface area contributed by atoms with Crippen LogP contribution in [0.5, 0.6) is 0 Å². The lowest BCUT2D eigenvalue weighted by molar-refractivity contribution is 0.141. The van der Waals surface area contributed by atoms with Crippen LogP contribution >= 0.6 is 11.3 Å². The van der Waals surface area contributed by atoms with Gasteiger partial charge >= 0.3 is 0 Å². The van der Waals surface area contributed by atoms with Crippen molar-refractivity contribution < 1.29 is 4.84 Å². The fourth-order valence-electron chi connectivity index (χ4n) is 0.781. The summed E-state index contributed by atoms with van der Waals surface area (Å²) in [7, 11) is 0. The van der Waals surface area contributed by atoms with Crippen LogP contribution in [0, 0.1) is 6.92 Å². The van der Waals surface area contributed by atoms with Crippen molar-refractivity contribution in [3.63, 3.8) is 0 Å². The van der Waals surface area contributed by atoms with Crippen LogP contribution in [-0.4, -0.2) is 6.61 Å². The molecule has 0 aromatic carbocycles. The van der Waals surface area contributed by atoms with E-state index >= 15 is 0 Å². The zero-order valence-electron chi connectivity index (χ0n) is 5.96. The molecule has 0 saturated heterocycles. The molecular weight excluding hydrogens is 146 g/mol. The lowest BCUT2D eigenvalue weighted by atomic mass is 10.3. The third kappa shape index (κ3) is 2.10. The second-order valence-electron chi connectivity index (χ2n) is 2.21. The summed E-state index contributed by atoms with van der Waals surface area (Å²) in [4.78, 5) is 5.80. The summed E-state index contributed by atoms with van der Waals surface area (Å²) in [6, 6.07) is 2.16. The van der Waals surface area contributed by atoms with Crippen molar-refractivity contribution in [1.29, 1.82) is 0 Å². The first-order valence-electron chi connectivity index (χ1n) is 3.18. The number of thiophene rings is 1. The van der Waals surface area contributed by atoms with Gasteiger partial charge in [0.25, 0.3) is 0 Å². The first kappa shape index (κ1) is 7.72. The number of rotatable bonds is 3. The summed E-state index contributed by atoms with van der Waals surface area (Å²) in [5.41, 5.74) is 1.32. The summed E-state index contributed by atoms with van der Waals surface area (Å²) >= 11 is 1.75. The average molecular weight is 157 g/mol. The largest absolute Gasteiger partial charge is 0.304 e. The third-order valence-corrected chi connectivity index (χ3v) is 2.37. The standard InChI is InChI=1S/C7H11NOS/c1-6-4-7(10-5-6)2-3-9-8/h4-5H,2-3,8H2,1H3. The third-order valence-electron chi connectivity index (χ3n) is 1.25. The van der Waals surface area contributed by atoms with Crippen molar-refractivity contribution in [3.05, 3.63) is 21.9 Å². The van der Waals surface area contributed by atoms with Gasteiger partial charge in [0.1, 0.15) is 0 Å². The van der Waals surface area contributed by atoms with E-state index in [1.807, 2.05) is 0 Å². The van der Waals surface area contributed by atoms with Gasteiger partial charge in [-0.2, -0.15) is 0 Å². The molecule has 0 atom stereocenters. The van der Waals surface area contributed by atoms with Crippen molar-refractivity contribution in [1.82, 2.24) is 0 Å². The molecule has 0 amide bonds. The van der Waals surface area contributed by atoms with E-state index in [2.05, 4.69) is 23.2 Å². The summed E-state index contributed by atoms with van der Waals surface area (Å²) < 4.78 is 0. The maximum Gasteiger partial charge on any atom is 0.0727 e. The van der Waals surface area contributed by atoms with Crippen molar-refractivity contribution in [3.8, 4) is 0 Å². The Kier molecular flexibility index (Phi) is 2.86. The molecule has 0 radical (unpaired) electrons. The fraction of sp³-hybridized carbons (Fsp3) is 0.429. The topological polar surface area (TPSA) is 35.2 Å². The van der Waals surface area contributed by atoms with Gasteiger partial charge in [-0.25, -0.2) is 5.90 Å². The van der Waals surface area contributed by atoms with Crippen molar-refractivity contribution in [2.45, 2.75) is 13.3 Å². The van der Waals surface area contributed by atoms with E-state index in [1.54, 1.807) is 11.3 Å². The van der Waals surface area contributed by atoms with Crippen LogP contribution < -0.4 is 5.90 Å². The van der Waals surface area contributed by atoms with Crippen molar-refractivity contribution in [2.24, 2.45) is 5.90 Å². The Bertz CT molecular complexity index is 197. The van der Waals surface area contributed by atoms with E-state index in [0.29, 0.717) is 6.61 Å². The molecule has 1 aromatic heterocycles. The highest BCUT2D eigenvalue weighted by Crippen LogP contribution is 2.13. The number of nitrogens with two attached hydrogens (primary N) is 1. The predicted octanol–water partition coefficient (Wildman–Crippen LogP) is 1.49. The number of hydrogen-bond acceptors (Lipinski definition) is 3. The zero-order chi connectivity index (χ0) is 7.40. The molecular formula is C7H11NOS. The molecule has 1 rings (SSSR count). The van der Waals surface area contributed by atoms with Crippen LogP contribution in [0.3, 0.4) is 0 Å². The first-order valence-corrected chi connectivity index (χ1v) is 4.06. The van der Waals surface area contributed by atoms with Gasteiger partial charge in [-0.3, -0.25) is 0 Å². The van der Waals surface area contributed by atoms with Crippen molar-refractivity contribution in [2.75, 3.05) is 6.61 Å². The zero-order valence-corrected chi connectivity index (χ0v) is 6.78. The molecule has 0 aliphatic rings. The Balaban J connectivity index is 2.42. The molecule has 0 bridgehead atoms. The highest BCUT2D eigenvalue weighted by molar-refractivity contribution is 7.10. The molecule has 0 aliphatic carbocycles. The normalized spacial score (nSPS) is 10.2. The van der Waals surface area contributed by atoms with E-state index < -0.39 is 0 Å². The fourth-order valence-corrected chi connectivity index (χ4v) is 1.64. The van der Waals surface area contributed by atoms with Gasteiger partial charge < -0.3 is 4.84 Å². The highest BCUT2D eigenvalue weighted by atomic mass is 32.1. The van der Waals surface area contributed by atoms with Crippen molar-refractivity contribution >= 4 is 11.3 Å². The highest BCUT2D eigenvalue weighted by Gasteiger charge is 1.94. The molecule has 0 saturated carbocycles. The lowest BCUT2D eigenvalue weighted by Gasteiger charge is -1.92. The minimum Gasteiger partial charge on any atom is -0.304 e. The van der Waals surface area contributed by atoms with Crippen LogP contribution in [0.25, 0.3) is 0 Å². The van der Waals surface area contributed by atoms with Gasteiger partial charge in [-0.1, -0.05) is 0 Å². The minimum atomic E-state index is 0.611. The van der Waals surface area contributed by atoms with Crippen LogP contribution in [0.4, 0.5) is 0 Å². The van der Waals surface area contributed by atoms with E-state index in [1.165, 1.54) is 10.4 Å². The Hall–Kier alpha value is -0.380. The Morgan fingerprint density at radius 1 is 1.70 bits per heavy atom. The van der Waals surface area contributed by atoms with Gasteiger partial charge in [-0.15, -0.1) is 11.3 Å². The average Bonchev–Trinajstić information content (AvgIpc) is 2.31. The summed E-state index contributed by atoms with van der Waals surface area (Å²) in [6.07, 6.45) is 0.926. The Morgan fingerprint density at radius 2 is 2.50 bits per heavy atom. The molecule has 56 valence electrons. The van der Waals surface area contributed by atoms with Gasteiger partial charge in [0.15, 0.2) is 0 Å². The molecule has 0 aliphatic heterocycles. The second-order valence-corrected chi connectivity index (χ2v) is 3.21. The number of hydrogen-bond donors (Lipinski definition) is 1. The Morgan fingerprint density at radius 3 is 3.00 bits per heavy atom. The Labute approximate surface area is 64.6 Å². The van der Waals surface area contributed by atoms with Gasteiger partial charge in [-0.05, 0) is 23.9 Å². The maximum absolute atomic E-state index is 4.89. The molecule has 1 aromatic rings. The van der Waals surface area contributed by atoms with E-state index in [9.17, 15) is 0 Å². The lowest BCUT2D eigenvalue weighted by Crippen LogP contribution is -2.02. The smallest absolute Gasteiger partial charge is 0.0727 e. The molecule has 0 fully saturated rings. The van der Waals surface area contributed by atoms with Crippen LogP contribution in [0.15, 0.2) is 11.4 Å². The van der Waals surface area contributed by atoms with Crippen LogP contribution in [-0.2, 0) is 11.3 Å². The molecule has 3 heteroatoms. The maximum atomic E-state index is 4.89. The number of aryl methyl sites for hydroxylation is 1. The predicted molar refractivity (Wildman–Crippen MR) is 42.9 cm³/mol. The van der Waals surface area contributed by atoms with Gasteiger partial charge in [0.05, 0.1) is 6.61 Å². The van der Waals surface area contributed by atoms with Crippen LogP contribution in [0.1, 0.15) is 10.4 Å². The molecule has 1 heterocycles. The molecule has 0 spiro atoms. The monoisotopic (exact) mass is 157 g/mol. The summed E-state index contributed by atoms with van der Waals surface area (Å²) in [5.74, 6) is 4.89. The molecule has 2 nitrogen and oxygen atoms in total. The first-order chi connectivity index (χ1) is 4.83. The molecule has 2 N–H and O–H groups in total. The van der Waals surface area contributed by atoms with E-state index in [4.69, 9.17) is 5.90 Å². The van der Waals surface area contributed by atoms with Crippen LogP contribution in [0.2, 0.25) is 0 Å². The summed E-state index contributed by atoms with van der Waals surface area (Å²) in [6.45, 7) is 2.70. The van der Waals surface area contributed by atoms with E-state index in [0.717, 1.165) is 6.42 Å². The quantitative estimate of drug-likeness (QED) is 0.675.